The van der Waals surface area contributed by atoms with Crippen molar-refractivity contribution in [1.29, 1.82) is 0 Å². The van der Waals surface area contributed by atoms with Crippen molar-refractivity contribution in [3.05, 3.63) is 0 Å². The van der Waals surface area contributed by atoms with Crippen molar-refractivity contribution in [2.24, 2.45) is 0 Å². The first-order valence-electron chi connectivity index (χ1n) is 5.68. The van der Waals surface area contributed by atoms with E-state index in [0.29, 0.717) is 0 Å². The molecule has 0 radical (unpaired) electrons. The minimum absolute atomic E-state index is 0.293. The summed E-state index contributed by atoms with van der Waals surface area (Å²) < 4.78 is 0. The predicted molar refractivity (Wildman–Crippen MR) is 64.3 cm³/mol. The number of hydrogen-bond acceptors (Lipinski definition) is 2. The maximum Gasteiger partial charge on any atom is 0.0306 e. The third kappa shape index (κ3) is 12.1. The third-order valence-electron chi connectivity index (χ3n) is 2.09. The zero-order valence-electron chi connectivity index (χ0n) is 9.53. The van der Waals surface area contributed by atoms with Crippen LogP contribution in [-0.4, -0.2) is 35.0 Å². The molecule has 0 fully saturated rings. The lowest BCUT2D eigenvalue weighted by atomic mass is 10.4. The fraction of sp³-hybridized carbons (Fsp3) is 1.00. The molecule has 0 unspecified atom stereocenters. The molecule has 13 heavy (non-hydrogen) atoms. The van der Waals surface area contributed by atoms with E-state index in [4.69, 9.17) is 0 Å². The van der Waals surface area contributed by atoms with Gasteiger partial charge in [0.15, 0.2) is 0 Å². The first kappa shape index (κ1) is 13.1. The standard InChI is InChI=1S/C10H26N2Si/c1-4-11-7-5-8-12-9-6-10-13(2)3/h11-13H,4-10H2,1-3H3. The molecule has 2 nitrogen and oxygen atoms in total. The lowest BCUT2D eigenvalue weighted by Gasteiger charge is -2.05. The zero-order chi connectivity index (χ0) is 9.94. The highest BCUT2D eigenvalue weighted by Gasteiger charge is 1.94. The van der Waals surface area contributed by atoms with Gasteiger partial charge in [-0.25, -0.2) is 0 Å². The molecule has 0 aliphatic rings. The van der Waals surface area contributed by atoms with Crippen molar-refractivity contribution in [3.8, 4) is 0 Å². The van der Waals surface area contributed by atoms with Gasteiger partial charge in [0.25, 0.3) is 0 Å². The van der Waals surface area contributed by atoms with E-state index in [0.717, 1.165) is 13.1 Å². The molecule has 0 saturated heterocycles. The van der Waals surface area contributed by atoms with E-state index in [1.165, 1.54) is 32.0 Å². The van der Waals surface area contributed by atoms with Crippen molar-refractivity contribution in [3.63, 3.8) is 0 Å². The van der Waals surface area contributed by atoms with E-state index in [1.54, 1.807) is 0 Å². The average molecular weight is 202 g/mol. The Kier molecular flexibility index (Phi) is 10.3. The van der Waals surface area contributed by atoms with Crippen molar-refractivity contribution >= 4 is 8.80 Å². The molecule has 0 aliphatic carbocycles. The van der Waals surface area contributed by atoms with Crippen LogP contribution >= 0.6 is 0 Å². The van der Waals surface area contributed by atoms with E-state index < -0.39 is 0 Å². The van der Waals surface area contributed by atoms with Gasteiger partial charge in [-0.05, 0) is 39.0 Å². The molecule has 0 rings (SSSR count). The van der Waals surface area contributed by atoms with Crippen LogP contribution < -0.4 is 10.6 Å². The monoisotopic (exact) mass is 202 g/mol. The van der Waals surface area contributed by atoms with Gasteiger partial charge in [-0.2, -0.15) is 0 Å². The number of rotatable bonds is 9. The molecule has 2 N–H and O–H groups in total. The highest BCUT2D eigenvalue weighted by atomic mass is 28.3. The Bertz CT molecular complexity index is 96.9. The molecule has 0 saturated carbocycles. The molecule has 0 heterocycles. The van der Waals surface area contributed by atoms with Gasteiger partial charge in [0.2, 0.25) is 0 Å². The summed E-state index contributed by atoms with van der Waals surface area (Å²) in [6.45, 7) is 11.6. The molecule has 0 aromatic carbocycles. The maximum absolute atomic E-state index is 3.48. The maximum atomic E-state index is 3.48. The topological polar surface area (TPSA) is 24.1 Å². The van der Waals surface area contributed by atoms with Crippen LogP contribution in [0.5, 0.6) is 0 Å². The number of hydrogen-bond donors (Lipinski definition) is 2. The average Bonchev–Trinajstić information content (AvgIpc) is 2.09. The molecule has 0 amide bonds. The predicted octanol–water partition coefficient (Wildman–Crippen LogP) is 1.45. The molecule has 0 atom stereocenters. The van der Waals surface area contributed by atoms with Crippen LogP contribution in [0.3, 0.4) is 0 Å². The summed E-state index contributed by atoms with van der Waals surface area (Å²) in [6, 6.07) is 1.49. The van der Waals surface area contributed by atoms with Crippen molar-refractivity contribution < 1.29 is 0 Å². The van der Waals surface area contributed by atoms with Gasteiger partial charge in [-0.3, -0.25) is 0 Å². The zero-order valence-corrected chi connectivity index (χ0v) is 10.7. The molecule has 0 aliphatic heterocycles. The fourth-order valence-corrected chi connectivity index (χ4v) is 2.30. The van der Waals surface area contributed by atoms with Crippen LogP contribution in [0.25, 0.3) is 0 Å². The van der Waals surface area contributed by atoms with Gasteiger partial charge in [0, 0.05) is 8.80 Å². The summed E-state index contributed by atoms with van der Waals surface area (Å²) in [7, 11) is -0.293. The summed E-state index contributed by atoms with van der Waals surface area (Å²) >= 11 is 0. The molecular weight excluding hydrogens is 176 g/mol. The smallest absolute Gasteiger partial charge is 0.0306 e. The Morgan fingerprint density at radius 1 is 0.923 bits per heavy atom. The number of nitrogens with one attached hydrogen (secondary N) is 2. The highest BCUT2D eigenvalue weighted by molar-refractivity contribution is 6.55. The van der Waals surface area contributed by atoms with E-state index in [-0.39, 0.29) is 8.80 Å². The SMILES string of the molecule is CCNCCCNCCC[SiH](C)C. The van der Waals surface area contributed by atoms with Crippen molar-refractivity contribution in [2.45, 2.75) is 38.9 Å². The van der Waals surface area contributed by atoms with Crippen LogP contribution in [0.2, 0.25) is 19.1 Å². The second-order valence-corrected chi connectivity index (χ2v) is 7.36. The largest absolute Gasteiger partial charge is 0.317 e. The summed E-state index contributed by atoms with van der Waals surface area (Å²) in [5.41, 5.74) is 0. The van der Waals surface area contributed by atoms with Crippen molar-refractivity contribution in [1.82, 2.24) is 10.6 Å². The lowest BCUT2D eigenvalue weighted by Crippen LogP contribution is -2.22. The Hall–Kier alpha value is 0.137. The molecule has 0 bridgehead atoms. The highest BCUT2D eigenvalue weighted by Crippen LogP contribution is 1.94. The van der Waals surface area contributed by atoms with Gasteiger partial charge >= 0.3 is 0 Å². The van der Waals surface area contributed by atoms with E-state index in [1.807, 2.05) is 0 Å². The lowest BCUT2D eigenvalue weighted by molar-refractivity contribution is 0.601. The minimum Gasteiger partial charge on any atom is -0.317 e. The van der Waals surface area contributed by atoms with Crippen LogP contribution in [0.15, 0.2) is 0 Å². The van der Waals surface area contributed by atoms with Gasteiger partial charge in [0.1, 0.15) is 0 Å². The van der Waals surface area contributed by atoms with Crippen molar-refractivity contribution in [2.75, 3.05) is 26.2 Å². The summed E-state index contributed by atoms with van der Waals surface area (Å²) in [5.74, 6) is 0. The van der Waals surface area contributed by atoms with E-state index in [9.17, 15) is 0 Å². The Labute approximate surface area is 85.1 Å². The minimum atomic E-state index is -0.293. The molecule has 3 heteroatoms. The first-order chi connectivity index (χ1) is 6.27. The Morgan fingerprint density at radius 2 is 1.54 bits per heavy atom. The van der Waals surface area contributed by atoms with Crippen LogP contribution in [0, 0.1) is 0 Å². The molecule has 0 aromatic heterocycles. The second-order valence-electron chi connectivity index (χ2n) is 3.99. The Morgan fingerprint density at radius 3 is 2.15 bits per heavy atom. The van der Waals surface area contributed by atoms with Gasteiger partial charge in [0.05, 0.1) is 0 Å². The third-order valence-corrected chi connectivity index (χ3v) is 3.66. The van der Waals surface area contributed by atoms with E-state index in [2.05, 4.69) is 30.7 Å². The first-order valence-corrected chi connectivity index (χ1v) is 8.81. The van der Waals surface area contributed by atoms with Gasteiger partial charge < -0.3 is 10.6 Å². The fourth-order valence-electron chi connectivity index (χ4n) is 1.28. The van der Waals surface area contributed by atoms with Crippen LogP contribution in [0.4, 0.5) is 0 Å². The second kappa shape index (κ2) is 10.2. The van der Waals surface area contributed by atoms with Crippen LogP contribution in [-0.2, 0) is 0 Å². The molecule has 0 spiro atoms. The van der Waals surface area contributed by atoms with Gasteiger partial charge in [-0.1, -0.05) is 26.1 Å². The van der Waals surface area contributed by atoms with Crippen LogP contribution in [0.1, 0.15) is 19.8 Å². The molecular formula is C10H26N2Si. The summed E-state index contributed by atoms with van der Waals surface area (Å²) in [4.78, 5) is 0. The summed E-state index contributed by atoms with van der Waals surface area (Å²) in [6.07, 6.45) is 2.64. The molecule has 80 valence electrons. The van der Waals surface area contributed by atoms with E-state index >= 15 is 0 Å². The normalized spacial score (nSPS) is 11.1. The Balaban J connectivity index is 2.84. The quantitative estimate of drug-likeness (QED) is 0.437. The summed E-state index contributed by atoms with van der Waals surface area (Å²) in [5, 5.41) is 6.81. The van der Waals surface area contributed by atoms with Gasteiger partial charge in [-0.15, -0.1) is 0 Å². The molecule has 0 aromatic rings.